The number of para-hydroxylation sites is 1. The van der Waals surface area contributed by atoms with Gasteiger partial charge >= 0.3 is 0 Å². The molecule has 2 aromatic carbocycles. The summed E-state index contributed by atoms with van der Waals surface area (Å²) >= 11 is 0. The van der Waals surface area contributed by atoms with Crippen LogP contribution in [0.3, 0.4) is 0 Å². The van der Waals surface area contributed by atoms with Crippen LogP contribution in [0, 0.1) is 25.5 Å². The van der Waals surface area contributed by atoms with Crippen molar-refractivity contribution in [1.29, 1.82) is 0 Å². The van der Waals surface area contributed by atoms with Crippen LogP contribution in [0.1, 0.15) is 21.6 Å². The smallest absolute Gasteiger partial charge is 0.274 e. The van der Waals surface area contributed by atoms with Crippen molar-refractivity contribution in [3.63, 3.8) is 0 Å². The minimum absolute atomic E-state index is 0.253. The fraction of sp³-hybridized carbons (Fsp3) is 0.100. The zero-order valence-corrected chi connectivity index (χ0v) is 14.3. The summed E-state index contributed by atoms with van der Waals surface area (Å²) in [6, 6.07) is 12.5. The highest BCUT2D eigenvalue weighted by Crippen LogP contribution is 2.21. The number of pyridine rings is 1. The van der Waals surface area contributed by atoms with Crippen LogP contribution >= 0.6 is 0 Å². The molecule has 1 amide bonds. The molecule has 3 rings (SSSR count). The number of rotatable bonds is 4. The van der Waals surface area contributed by atoms with E-state index in [-0.39, 0.29) is 11.6 Å². The van der Waals surface area contributed by atoms with Gasteiger partial charge in [0.05, 0.1) is 11.9 Å². The lowest BCUT2D eigenvalue weighted by molar-refractivity contribution is 0.102. The number of hydrogen-bond donors (Lipinski definition) is 2. The number of halogens is 2. The van der Waals surface area contributed by atoms with Crippen molar-refractivity contribution in [2.45, 2.75) is 13.8 Å². The van der Waals surface area contributed by atoms with Crippen LogP contribution in [0.25, 0.3) is 0 Å². The van der Waals surface area contributed by atoms with E-state index in [1.165, 1.54) is 12.3 Å². The Morgan fingerprint density at radius 1 is 0.923 bits per heavy atom. The minimum Gasteiger partial charge on any atom is -0.354 e. The van der Waals surface area contributed by atoms with E-state index in [1.54, 1.807) is 12.1 Å². The highest BCUT2D eigenvalue weighted by atomic mass is 19.2. The van der Waals surface area contributed by atoms with Crippen LogP contribution in [-0.4, -0.2) is 10.9 Å². The Bertz CT molecular complexity index is 936. The van der Waals surface area contributed by atoms with Gasteiger partial charge in [0.1, 0.15) is 5.69 Å². The van der Waals surface area contributed by atoms with Gasteiger partial charge < -0.3 is 10.6 Å². The number of nitrogens with zero attached hydrogens (tertiary/aromatic N) is 1. The Morgan fingerprint density at radius 2 is 1.62 bits per heavy atom. The average molecular weight is 353 g/mol. The first-order valence-corrected chi connectivity index (χ1v) is 8.00. The summed E-state index contributed by atoms with van der Waals surface area (Å²) in [6.07, 6.45) is 1.46. The van der Waals surface area contributed by atoms with Crippen molar-refractivity contribution in [3.05, 3.63) is 83.2 Å². The molecule has 26 heavy (non-hydrogen) atoms. The number of benzene rings is 2. The Balaban J connectivity index is 1.72. The van der Waals surface area contributed by atoms with Crippen LogP contribution in [-0.2, 0) is 0 Å². The number of carbonyl (C=O) groups excluding carboxylic acids is 1. The SMILES string of the molecule is Cc1cccc(C)c1NC(=O)c1ccc(Nc2ccc(F)c(F)c2)cn1. The summed E-state index contributed by atoms with van der Waals surface area (Å²) in [5, 5.41) is 5.77. The van der Waals surface area contributed by atoms with E-state index in [9.17, 15) is 13.6 Å². The molecule has 0 radical (unpaired) electrons. The number of amides is 1. The summed E-state index contributed by atoms with van der Waals surface area (Å²) in [4.78, 5) is 16.5. The van der Waals surface area contributed by atoms with Crippen molar-refractivity contribution in [3.8, 4) is 0 Å². The van der Waals surface area contributed by atoms with E-state index in [0.29, 0.717) is 11.4 Å². The van der Waals surface area contributed by atoms with Gasteiger partial charge in [-0.1, -0.05) is 18.2 Å². The molecule has 0 bridgehead atoms. The maximum absolute atomic E-state index is 13.2. The normalized spacial score (nSPS) is 10.5. The molecule has 0 saturated heterocycles. The molecule has 0 spiro atoms. The molecule has 4 nitrogen and oxygen atoms in total. The van der Waals surface area contributed by atoms with E-state index in [1.807, 2.05) is 32.0 Å². The number of carbonyl (C=O) groups is 1. The van der Waals surface area contributed by atoms with Crippen LogP contribution in [0.15, 0.2) is 54.7 Å². The van der Waals surface area contributed by atoms with Crippen molar-refractivity contribution in [1.82, 2.24) is 4.98 Å². The molecule has 0 aliphatic heterocycles. The standard InChI is InChI=1S/C20H17F2N3O/c1-12-4-3-5-13(2)19(12)25-20(26)18-9-7-15(11-23-18)24-14-6-8-16(21)17(22)10-14/h3-11,24H,1-2H3,(H,25,26). The topological polar surface area (TPSA) is 54.0 Å². The number of nitrogens with one attached hydrogen (secondary N) is 2. The Hall–Kier alpha value is -3.28. The highest BCUT2D eigenvalue weighted by molar-refractivity contribution is 6.03. The lowest BCUT2D eigenvalue weighted by Crippen LogP contribution is -2.15. The van der Waals surface area contributed by atoms with E-state index >= 15 is 0 Å². The van der Waals surface area contributed by atoms with Crippen LogP contribution < -0.4 is 10.6 Å². The average Bonchev–Trinajstić information content (AvgIpc) is 2.62. The molecule has 2 N–H and O–H groups in total. The fourth-order valence-corrected chi connectivity index (χ4v) is 2.53. The molecule has 1 aromatic heterocycles. The molecule has 132 valence electrons. The summed E-state index contributed by atoms with van der Waals surface area (Å²) in [7, 11) is 0. The first-order valence-electron chi connectivity index (χ1n) is 8.00. The van der Waals surface area contributed by atoms with Crippen LogP contribution in [0.5, 0.6) is 0 Å². The van der Waals surface area contributed by atoms with Crippen molar-refractivity contribution >= 4 is 23.0 Å². The van der Waals surface area contributed by atoms with Crippen LogP contribution in [0.4, 0.5) is 25.8 Å². The predicted molar refractivity (Wildman–Crippen MR) is 97.7 cm³/mol. The van der Waals surface area contributed by atoms with Gasteiger partial charge in [0.15, 0.2) is 11.6 Å². The third-order valence-corrected chi connectivity index (χ3v) is 3.92. The summed E-state index contributed by atoms with van der Waals surface area (Å²) in [6.45, 7) is 3.84. The van der Waals surface area contributed by atoms with Crippen molar-refractivity contribution in [2.24, 2.45) is 0 Å². The van der Waals surface area contributed by atoms with Crippen LogP contribution in [0.2, 0.25) is 0 Å². The monoisotopic (exact) mass is 353 g/mol. The largest absolute Gasteiger partial charge is 0.354 e. The van der Waals surface area contributed by atoms with E-state index in [2.05, 4.69) is 15.6 Å². The van der Waals surface area contributed by atoms with Gasteiger partial charge in [-0.25, -0.2) is 13.8 Å². The molecular formula is C20H17F2N3O. The Labute approximate surface area is 149 Å². The second-order valence-corrected chi connectivity index (χ2v) is 5.91. The van der Waals surface area contributed by atoms with E-state index < -0.39 is 11.6 Å². The molecule has 3 aromatic rings. The molecule has 0 atom stereocenters. The van der Waals surface area contributed by atoms with Crippen molar-refractivity contribution < 1.29 is 13.6 Å². The lowest BCUT2D eigenvalue weighted by Gasteiger charge is -2.11. The minimum atomic E-state index is -0.937. The first-order chi connectivity index (χ1) is 12.4. The van der Waals surface area contributed by atoms with E-state index in [0.717, 1.165) is 28.9 Å². The van der Waals surface area contributed by atoms with Gasteiger partial charge in [-0.2, -0.15) is 0 Å². The van der Waals surface area contributed by atoms with Gasteiger partial charge in [-0.05, 0) is 49.2 Å². The Morgan fingerprint density at radius 3 is 2.23 bits per heavy atom. The molecule has 0 fully saturated rings. The van der Waals surface area contributed by atoms with Gasteiger partial charge in [0, 0.05) is 17.4 Å². The molecular weight excluding hydrogens is 336 g/mol. The number of anilines is 3. The predicted octanol–water partition coefficient (Wildman–Crippen LogP) is 4.97. The van der Waals surface area contributed by atoms with Gasteiger partial charge in [0.25, 0.3) is 5.91 Å². The molecule has 0 unspecified atom stereocenters. The second-order valence-electron chi connectivity index (χ2n) is 5.91. The highest BCUT2D eigenvalue weighted by Gasteiger charge is 2.11. The maximum atomic E-state index is 13.2. The summed E-state index contributed by atoms with van der Waals surface area (Å²) in [5.74, 6) is -2.17. The van der Waals surface area contributed by atoms with Gasteiger partial charge in [-0.3, -0.25) is 4.79 Å². The molecule has 0 saturated carbocycles. The second kappa shape index (κ2) is 7.31. The third kappa shape index (κ3) is 3.85. The van der Waals surface area contributed by atoms with E-state index in [4.69, 9.17) is 0 Å². The summed E-state index contributed by atoms with van der Waals surface area (Å²) in [5.41, 5.74) is 3.90. The molecule has 1 heterocycles. The number of aromatic nitrogens is 1. The third-order valence-electron chi connectivity index (χ3n) is 3.92. The van der Waals surface area contributed by atoms with Crippen molar-refractivity contribution in [2.75, 3.05) is 10.6 Å². The zero-order chi connectivity index (χ0) is 18.7. The summed E-state index contributed by atoms with van der Waals surface area (Å²) < 4.78 is 26.2. The molecule has 0 aliphatic rings. The molecule has 0 aliphatic carbocycles. The van der Waals surface area contributed by atoms with Gasteiger partial charge in [-0.15, -0.1) is 0 Å². The quantitative estimate of drug-likeness (QED) is 0.696. The number of hydrogen-bond acceptors (Lipinski definition) is 3. The first kappa shape index (κ1) is 17.5. The fourth-order valence-electron chi connectivity index (χ4n) is 2.53. The lowest BCUT2D eigenvalue weighted by atomic mass is 10.1. The maximum Gasteiger partial charge on any atom is 0.274 e. The number of aryl methyl sites for hydroxylation is 2. The molecule has 6 heteroatoms. The zero-order valence-electron chi connectivity index (χ0n) is 14.3. The van der Waals surface area contributed by atoms with Gasteiger partial charge in [0.2, 0.25) is 0 Å². The Kier molecular flexibility index (Phi) is 4.93.